The number of hydrogen-bond donors (Lipinski definition) is 0. The number of rotatable bonds is 0. The van der Waals surface area contributed by atoms with E-state index in [1.54, 1.807) is 5.57 Å². The molecule has 0 amide bonds. The van der Waals surface area contributed by atoms with Gasteiger partial charge in [0, 0.05) is 5.41 Å². The van der Waals surface area contributed by atoms with Gasteiger partial charge in [-0.25, -0.2) is 0 Å². The van der Waals surface area contributed by atoms with Crippen molar-refractivity contribution in [1.82, 2.24) is 0 Å². The van der Waals surface area contributed by atoms with Crippen molar-refractivity contribution in [3.8, 4) is 0 Å². The molecule has 0 spiro atoms. The molecule has 20 heavy (non-hydrogen) atoms. The van der Waals surface area contributed by atoms with Gasteiger partial charge in [-0.3, -0.25) is 0 Å². The number of fused-ring (bicyclic) bond motifs is 1. The molecule has 4 aliphatic heterocycles. The van der Waals surface area contributed by atoms with Crippen molar-refractivity contribution in [3.63, 3.8) is 0 Å². The Balaban J connectivity index is 1.71. The van der Waals surface area contributed by atoms with Gasteiger partial charge in [-0.1, -0.05) is 25.5 Å². The molecule has 8 aliphatic rings. The molecule has 4 heterocycles. The molecule has 8 bridgehead atoms. The lowest BCUT2D eigenvalue weighted by atomic mass is 9.47. The third-order valence-electron chi connectivity index (χ3n) is 8.07. The maximum Gasteiger partial charge on any atom is 0.104 e. The van der Waals surface area contributed by atoms with Crippen molar-refractivity contribution < 1.29 is 4.74 Å². The fraction of sp³-hybridized carbons (Fsp3) is 0.842. The van der Waals surface area contributed by atoms with Crippen LogP contribution in [0.25, 0.3) is 0 Å². The minimum absolute atomic E-state index is 0.402. The van der Waals surface area contributed by atoms with Gasteiger partial charge in [-0.2, -0.15) is 0 Å². The van der Waals surface area contributed by atoms with E-state index in [1.165, 1.54) is 57.5 Å². The first-order valence-electron chi connectivity index (χ1n) is 8.85. The van der Waals surface area contributed by atoms with Gasteiger partial charge in [0.15, 0.2) is 0 Å². The van der Waals surface area contributed by atoms with E-state index in [-0.39, 0.29) is 0 Å². The summed E-state index contributed by atoms with van der Waals surface area (Å²) in [5.74, 6) is 2.87. The molecule has 0 N–H and O–H groups in total. The molecule has 109 valence electrons. The zero-order valence-corrected chi connectivity index (χ0v) is 13.0. The predicted octanol–water partition coefficient (Wildman–Crippen LogP) is 4.88. The van der Waals surface area contributed by atoms with E-state index in [0.717, 1.165) is 17.8 Å². The molecule has 1 nitrogen and oxygen atoms in total. The number of hydrogen-bond acceptors (Lipinski definition) is 1. The minimum Gasteiger partial charge on any atom is -0.364 e. The van der Waals surface area contributed by atoms with Crippen LogP contribution in [-0.2, 0) is 4.74 Å². The summed E-state index contributed by atoms with van der Waals surface area (Å²) in [6.45, 7) is 5.13. The van der Waals surface area contributed by atoms with Crippen LogP contribution in [-0.4, -0.2) is 6.10 Å². The molecule has 0 aromatic carbocycles. The molecular weight excluding hydrogens is 244 g/mol. The summed E-state index contributed by atoms with van der Waals surface area (Å²) in [5.41, 5.74) is 2.70. The fourth-order valence-electron chi connectivity index (χ4n) is 6.94. The fourth-order valence-corrected chi connectivity index (χ4v) is 6.94. The minimum atomic E-state index is 0.402. The highest BCUT2D eigenvalue weighted by molar-refractivity contribution is 5.28. The van der Waals surface area contributed by atoms with Crippen LogP contribution in [0.1, 0.15) is 65.2 Å². The highest BCUT2D eigenvalue weighted by Crippen LogP contribution is 2.68. The Morgan fingerprint density at radius 2 is 1.75 bits per heavy atom. The van der Waals surface area contributed by atoms with E-state index in [2.05, 4.69) is 19.9 Å². The summed E-state index contributed by atoms with van der Waals surface area (Å²) in [5, 5.41) is 0. The van der Waals surface area contributed by atoms with Crippen LogP contribution in [0.15, 0.2) is 11.6 Å². The first-order valence-corrected chi connectivity index (χ1v) is 8.85. The second kappa shape index (κ2) is 3.72. The summed E-state index contributed by atoms with van der Waals surface area (Å²) in [7, 11) is 0. The third-order valence-corrected chi connectivity index (χ3v) is 8.07. The Kier molecular flexibility index (Phi) is 2.28. The molecule has 1 heteroatoms. The standard InChI is InChI=1S/C19H27O/c1-18-9-7-13-11-12(18)3-4-14-15-5-6-17(20-13)19(15,2)10-8-16(14)18/h11,13-16H,3-10H2,1-2H3/t13?,14-,15+,16?,18-,19-/m0/s1. The zero-order chi connectivity index (χ0) is 13.5. The van der Waals surface area contributed by atoms with Gasteiger partial charge in [0.2, 0.25) is 0 Å². The molecule has 0 aromatic rings. The molecule has 4 aliphatic carbocycles. The zero-order valence-electron chi connectivity index (χ0n) is 13.0. The smallest absolute Gasteiger partial charge is 0.104 e. The Morgan fingerprint density at radius 1 is 0.950 bits per heavy atom. The Bertz CT molecular complexity index is 480. The SMILES string of the molecule is C[C@]12CCC3C=C1CC[C@@H]1C2CC[C@]2(C)[C](CC[C@H]12)O3. The first-order chi connectivity index (χ1) is 9.61. The van der Waals surface area contributed by atoms with Gasteiger partial charge < -0.3 is 4.74 Å². The van der Waals surface area contributed by atoms with Crippen molar-refractivity contribution >= 4 is 0 Å². The van der Waals surface area contributed by atoms with Crippen LogP contribution in [0.2, 0.25) is 0 Å². The quantitative estimate of drug-likeness (QED) is 0.571. The van der Waals surface area contributed by atoms with Gasteiger partial charge >= 0.3 is 0 Å². The topological polar surface area (TPSA) is 9.23 Å². The van der Waals surface area contributed by atoms with E-state index >= 15 is 0 Å². The van der Waals surface area contributed by atoms with E-state index in [9.17, 15) is 0 Å². The maximum absolute atomic E-state index is 6.57. The van der Waals surface area contributed by atoms with Gasteiger partial charge in [0.25, 0.3) is 0 Å². The van der Waals surface area contributed by atoms with Crippen molar-refractivity contribution in [1.29, 1.82) is 0 Å². The van der Waals surface area contributed by atoms with Gasteiger partial charge in [0.05, 0.1) is 6.10 Å². The molecule has 2 saturated heterocycles. The second-order valence-corrected chi connectivity index (χ2v) is 8.64. The predicted molar refractivity (Wildman–Crippen MR) is 79.8 cm³/mol. The molecule has 8 rings (SSSR count). The summed E-state index contributed by atoms with van der Waals surface area (Å²) in [6, 6.07) is 0. The highest BCUT2D eigenvalue weighted by Gasteiger charge is 2.61. The van der Waals surface area contributed by atoms with Crippen molar-refractivity contribution in [2.24, 2.45) is 28.6 Å². The van der Waals surface area contributed by atoms with E-state index < -0.39 is 0 Å². The van der Waals surface area contributed by atoms with Crippen LogP contribution in [0.5, 0.6) is 0 Å². The van der Waals surface area contributed by atoms with Crippen LogP contribution < -0.4 is 0 Å². The van der Waals surface area contributed by atoms with E-state index in [0.29, 0.717) is 16.9 Å². The van der Waals surface area contributed by atoms with Crippen LogP contribution in [0, 0.1) is 34.7 Å². The van der Waals surface area contributed by atoms with Crippen molar-refractivity contribution in [2.45, 2.75) is 71.3 Å². The average Bonchev–Trinajstić information content (AvgIpc) is 2.74. The van der Waals surface area contributed by atoms with E-state index in [1.807, 2.05) is 0 Å². The monoisotopic (exact) mass is 271 g/mol. The summed E-state index contributed by atoms with van der Waals surface area (Å²) in [4.78, 5) is 0. The largest absolute Gasteiger partial charge is 0.364 e. The molecule has 5 fully saturated rings. The summed E-state index contributed by atoms with van der Waals surface area (Å²) < 4.78 is 6.57. The van der Waals surface area contributed by atoms with Gasteiger partial charge in [-0.15, -0.1) is 0 Å². The van der Waals surface area contributed by atoms with E-state index in [4.69, 9.17) is 4.74 Å². The van der Waals surface area contributed by atoms with Crippen LogP contribution in [0.3, 0.4) is 0 Å². The number of allylic oxidation sites excluding steroid dienone is 1. The van der Waals surface area contributed by atoms with Crippen molar-refractivity contribution in [2.75, 3.05) is 0 Å². The molecular formula is C19H27O. The first kappa shape index (κ1) is 12.3. The molecule has 2 unspecified atom stereocenters. The van der Waals surface area contributed by atoms with Gasteiger partial charge in [0.1, 0.15) is 6.10 Å². The lowest BCUT2D eigenvalue weighted by Gasteiger charge is -2.59. The Labute approximate surface area is 123 Å². The van der Waals surface area contributed by atoms with Crippen molar-refractivity contribution in [3.05, 3.63) is 17.8 Å². The summed E-state index contributed by atoms with van der Waals surface area (Å²) in [6.07, 6.45) is 15.4. The Morgan fingerprint density at radius 3 is 2.65 bits per heavy atom. The average molecular weight is 271 g/mol. The summed E-state index contributed by atoms with van der Waals surface area (Å²) >= 11 is 0. The number of ether oxygens (including phenoxy) is 1. The van der Waals surface area contributed by atoms with Gasteiger partial charge in [-0.05, 0) is 74.5 Å². The Hall–Kier alpha value is -0.300. The lowest BCUT2D eigenvalue weighted by Crippen LogP contribution is -2.52. The molecule has 6 atom stereocenters. The second-order valence-electron chi connectivity index (χ2n) is 8.64. The molecule has 0 aromatic heterocycles. The molecule has 3 saturated carbocycles. The normalized spacial score (nSPS) is 57.2. The third kappa shape index (κ3) is 1.30. The van der Waals surface area contributed by atoms with Crippen LogP contribution in [0.4, 0.5) is 0 Å². The molecule has 1 radical (unpaired) electrons. The maximum atomic E-state index is 6.57. The van der Waals surface area contributed by atoms with Crippen LogP contribution >= 0.6 is 0 Å². The lowest BCUT2D eigenvalue weighted by molar-refractivity contribution is -0.0906. The highest BCUT2D eigenvalue weighted by atomic mass is 16.5.